The number of nitrogens with one attached hydrogen (secondary N) is 1. The molecule has 1 heterocycles. The van der Waals surface area contributed by atoms with E-state index < -0.39 is 0 Å². The minimum atomic E-state index is 0.596. The minimum Gasteiger partial charge on any atom is -0.368 e. The average molecular weight is 232 g/mol. The standard InChI is InChI=1S/C15H24N2/c1-11(2)17-10-12(3)15-13(8-9-16-4)6-5-7-14(15)17/h5-7,11-12,16H,8-10H2,1-4H3. The average Bonchev–Trinajstić information content (AvgIpc) is 2.65. The van der Waals surface area contributed by atoms with Crippen LogP contribution in [0.1, 0.15) is 37.8 Å². The molecule has 94 valence electrons. The summed E-state index contributed by atoms with van der Waals surface area (Å²) in [4.78, 5) is 2.53. The van der Waals surface area contributed by atoms with Gasteiger partial charge in [0.25, 0.3) is 0 Å². The molecule has 2 rings (SSSR count). The lowest BCUT2D eigenvalue weighted by Gasteiger charge is -2.24. The van der Waals surface area contributed by atoms with Gasteiger partial charge in [-0.15, -0.1) is 0 Å². The van der Waals surface area contributed by atoms with Gasteiger partial charge in [0.15, 0.2) is 0 Å². The largest absolute Gasteiger partial charge is 0.368 e. The van der Waals surface area contributed by atoms with E-state index in [4.69, 9.17) is 0 Å². The van der Waals surface area contributed by atoms with E-state index in [1.165, 1.54) is 17.8 Å². The molecule has 1 N–H and O–H groups in total. The summed E-state index contributed by atoms with van der Waals surface area (Å²) >= 11 is 0. The van der Waals surface area contributed by atoms with E-state index in [0.29, 0.717) is 12.0 Å². The zero-order chi connectivity index (χ0) is 12.4. The van der Waals surface area contributed by atoms with Crippen molar-refractivity contribution in [3.8, 4) is 0 Å². The summed E-state index contributed by atoms with van der Waals surface area (Å²) < 4.78 is 0. The molecule has 0 bridgehead atoms. The smallest absolute Gasteiger partial charge is 0.0407 e. The van der Waals surface area contributed by atoms with Crippen molar-refractivity contribution in [1.29, 1.82) is 0 Å². The first-order chi connectivity index (χ1) is 8.15. The van der Waals surface area contributed by atoms with Gasteiger partial charge < -0.3 is 10.2 Å². The number of fused-ring (bicyclic) bond motifs is 1. The molecule has 1 aliphatic rings. The van der Waals surface area contributed by atoms with Crippen LogP contribution in [0.5, 0.6) is 0 Å². The molecule has 0 saturated carbocycles. The third kappa shape index (κ3) is 2.32. The van der Waals surface area contributed by atoms with Crippen LogP contribution in [0, 0.1) is 0 Å². The Morgan fingerprint density at radius 2 is 2.18 bits per heavy atom. The van der Waals surface area contributed by atoms with E-state index in [-0.39, 0.29) is 0 Å². The summed E-state index contributed by atoms with van der Waals surface area (Å²) in [7, 11) is 2.02. The van der Waals surface area contributed by atoms with Gasteiger partial charge in [0, 0.05) is 24.2 Å². The first-order valence-corrected chi connectivity index (χ1v) is 6.68. The number of rotatable bonds is 4. The maximum atomic E-state index is 3.24. The number of likely N-dealkylation sites (N-methyl/N-ethyl adjacent to an activating group) is 1. The molecular weight excluding hydrogens is 208 g/mol. The van der Waals surface area contributed by atoms with Crippen molar-refractivity contribution < 1.29 is 0 Å². The summed E-state index contributed by atoms with van der Waals surface area (Å²) in [5, 5.41) is 3.24. The molecule has 1 aromatic carbocycles. The number of hydrogen-bond donors (Lipinski definition) is 1. The van der Waals surface area contributed by atoms with Crippen molar-refractivity contribution in [3.63, 3.8) is 0 Å². The van der Waals surface area contributed by atoms with Crippen LogP contribution >= 0.6 is 0 Å². The maximum Gasteiger partial charge on any atom is 0.0407 e. The lowest BCUT2D eigenvalue weighted by Crippen LogP contribution is -2.28. The van der Waals surface area contributed by atoms with Crippen LogP contribution in [-0.4, -0.2) is 26.2 Å². The molecule has 1 unspecified atom stereocenters. The van der Waals surface area contributed by atoms with Gasteiger partial charge in [-0.25, -0.2) is 0 Å². The zero-order valence-electron chi connectivity index (χ0n) is 11.5. The lowest BCUT2D eigenvalue weighted by atomic mass is 9.95. The van der Waals surface area contributed by atoms with E-state index >= 15 is 0 Å². The van der Waals surface area contributed by atoms with Gasteiger partial charge in [-0.3, -0.25) is 0 Å². The fourth-order valence-corrected chi connectivity index (χ4v) is 2.87. The Morgan fingerprint density at radius 1 is 1.41 bits per heavy atom. The van der Waals surface area contributed by atoms with Gasteiger partial charge in [0.1, 0.15) is 0 Å². The van der Waals surface area contributed by atoms with E-state index in [2.05, 4.69) is 49.2 Å². The molecule has 1 atom stereocenters. The van der Waals surface area contributed by atoms with Crippen LogP contribution in [0.3, 0.4) is 0 Å². The Hall–Kier alpha value is -1.02. The Morgan fingerprint density at radius 3 is 2.82 bits per heavy atom. The minimum absolute atomic E-state index is 0.596. The summed E-state index contributed by atoms with van der Waals surface area (Å²) in [6.07, 6.45) is 1.13. The van der Waals surface area contributed by atoms with Gasteiger partial charge in [-0.2, -0.15) is 0 Å². The molecule has 17 heavy (non-hydrogen) atoms. The van der Waals surface area contributed by atoms with Crippen LogP contribution in [-0.2, 0) is 6.42 Å². The van der Waals surface area contributed by atoms with E-state index in [1.54, 1.807) is 5.56 Å². The highest BCUT2D eigenvalue weighted by molar-refractivity contribution is 5.63. The van der Waals surface area contributed by atoms with Crippen molar-refractivity contribution in [1.82, 2.24) is 5.32 Å². The quantitative estimate of drug-likeness (QED) is 0.858. The van der Waals surface area contributed by atoms with E-state index in [1.807, 2.05) is 7.05 Å². The molecule has 2 heteroatoms. The van der Waals surface area contributed by atoms with Gasteiger partial charge in [0.2, 0.25) is 0 Å². The topological polar surface area (TPSA) is 15.3 Å². The van der Waals surface area contributed by atoms with Crippen LogP contribution in [0.2, 0.25) is 0 Å². The Labute approximate surface area is 105 Å². The van der Waals surface area contributed by atoms with Crippen LogP contribution < -0.4 is 10.2 Å². The van der Waals surface area contributed by atoms with Crippen molar-refractivity contribution >= 4 is 5.69 Å². The van der Waals surface area contributed by atoms with Gasteiger partial charge in [-0.05, 0) is 51.1 Å². The molecule has 0 fully saturated rings. The molecular formula is C15H24N2. The number of hydrogen-bond acceptors (Lipinski definition) is 2. The highest BCUT2D eigenvalue weighted by atomic mass is 15.2. The molecule has 1 aromatic rings. The predicted octanol–water partition coefficient (Wildman–Crippen LogP) is 2.78. The third-order valence-electron chi connectivity index (χ3n) is 3.71. The molecule has 0 saturated heterocycles. The van der Waals surface area contributed by atoms with Crippen LogP contribution in [0.25, 0.3) is 0 Å². The second kappa shape index (κ2) is 5.09. The van der Waals surface area contributed by atoms with Crippen molar-refractivity contribution in [3.05, 3.63) is 29.3 Å². The second-order valence-electron chi connectivity index (χ2n) is 5.35. The van der Waals surface area contributed by atoms with Crippen LogP contribution in [0.15, 0.2) is 18.2 Å². The van der Waals surface area contributed by atoms with Crippen molar-refractivity contribution in [2.24, 2.45) is 0 Å². The molecule has 1 aliphatic heterocycles. The van der Waals surface area contributed by atoms with Crippen molar-refractivity contribution in [2.75, 3.05) is 25.0 Å². The Bertz CT molecular complexity index is 385. The fraction of sp³-hybridized carbons (Fsp3) is 0.600. The second-order valence-corrected chi connectivity index (χ2v) is 5.35. The van der Waals surface area contributed by atoms with Gasteiger partial charge >= 0.3 is 0 Å². The van der Waals surface area contributed by atoms with E-state index in [0.717, 1.165) is 13.0 Å². The molecule has 0 radical (unpaired) electrons. The normalized spacial score (nSPS) is 18.9. The summed E-state index contributed by atoms with van der Waals surface area (Å²) in [6, 6.07) is 7.37. The summed E-state index contributed by atoms with van der Waals surface area (Å²) in [5.74, 6) is 0.667. The molecule has 0 aliphatic carbocycles. The van der Waals surface area contributed by atoms with E-state index in [9.17, 15) is 0 Å². The fourth-order valence-electron chi connectivity index (χ4n) is 2.87. The van der Waals surface area contributed by atoms with Gasteiger partial charge in [-0.1, -0.05) is 19.1 Å². The molecule has 0 aromatic heterocycles. The van der Waals surface area contributed by atoms with Gasteiger partial charge in [0.05, 0.1) is 0 Å². The predicted molar refractivity (Wildman–Crippen MR) is 75.0 cm³/mol. The first kappa shape index (κ1) is 12.4. The van der Waals surface area contributed by atoms with Crippen molar-refractivity contribution in [2.45, 2.75) is 39.2 Å². The molecule has 0 spiro atoms. The Kier molecular flexibility index (Phi) is 3.72. The number of benzene rings is 1. The SMILES string of the molecule is CNCCc1cccc2c1C(C)CN2C(C)C. The summed E-state index contributed by atoms with van der Waals surface area (Å²) in [5.41, 5.74) is 4.56. The highest BCUT2D eigenvalue weighted by Gasteiger charge is 2.28. The molecule has 2 nitrogen and oxygen atoms in total. The molecule has 0 amide bonds. The number of anilines is 1. The number of nitrogens with zero attached hydrogens (tertiary/aromatic N) is 1. The summed E-state index contributed by atoms with van der Waals surface area (Å²) in [6.45, 7) is 9.14. The monoisotopic (exact) mass is 232 g/mol. The first-order valence-electron chi connectivity index (χ1n) is 6.68. The highest BCUT2D eigenvalue weighted by Crippen LogP contribution is 2.39. The maximum absolute atomic E-state index is 3.24. The van der Waals surface area contributed by atoms with Crippen LogP contribution in [0.4, 0.5) is 5.69 Å². The lowest BCUT2D eigenvalue weighted by molar-refractivity contribution is 0.668. The third-order valence-corrected chi connectivity index (χ3v) is 3.71. The zero-order valence-corrected chi connectivity index (χ0v) is 11.5. The Balaban J connectivity index is 2.34.